The Morgan fingerprint density at radius 1 is 1.35 bits per heavy atom. The number of halogens is 2. The van der Waals surface area contributed by atoms with Crippen LogP contribution in [0, 0.1) is 11.2 Å². The van der Waals surface area contributed by atoms with Crippen molar-refractivity contribution >= 4 is 11.6 Å². The summed E-state index contributed by atoms with van der Waals surface area (Å²) in [6.07, 6.45) is 1.98. The molecule has 0 radical (unpaired) electrons. The summed E-state index contributed by atoms with van der Waals surface area (Å²) in [5, 5.41) is 3.59. The van der Waals surface area contributed by atoms with Crippen molar-refractivity contribution in [2.24, 2.45) is 5.41 Å². The molecule has 1 rings (SSSR count). The second kappa shape index (κ2) is 6.36. The summed E-state index contributed by atoms with van der Waals surface area (Å²) < 4.78 is 13.3. The quantitative estimate of drug-likeness (QED) is 0.759. The fourth-order valence-corrected chi connectivity index (χ4v) is 1.99. The van der Waals surface area contributed by atoms with E-state index >= 15 is 0 Å². The van der Waals surface area contributed by atoms with E-state index in [1.54, 1.807) is 6.07 Å². The number of rotatable bonds is 6. The zero-order valence-electron chi connectivity index (χ0n) is 10.8. The van der Waals surface area contributed by atoms with Crippen LogP contribution in [0.4, 0.5) is 4.39 Å². The van der Waals surface area contributed by atoms with E-state index in [4.69, 9.17) is 11.6 Å². The molecule has 0 aromatic heterocycles. The molecule has 3 heteroatoms. The lowest BCUT2D eigenvalue weighted by molar-refractivity contribution is 0.338. The SMILES string of the molecule is CCCNCC(C)(C)Cc1ccc(Cl)c(F)c1. The first kappa shape index (κ1) is 14.5. The van der Waals surface area contributed by atoms with Gasteiger partial charge in [-0.25, -0.2) is 4.39 Å². The molecular formula is C14H21ClFN. The molecule has 0 heterocycles. The fourth-order valence-electron chi connectivity index (χ4n) is 1.87. The van der Waals surface area contributed by atoms with Crippen molar-refractivity contribution in [2.75, 3.05) is 13.1 Å². The highest BCUT2D eigenvalue weighted by Gasteiger charge is 2.18. The lowest BCUT2D eigenvalue weighted by atomic mass is 9.85. The smallest absolute Gasteiger partial charge is 0.142 e. The van der Waals surface area contributed by atoms with E-state index < -0.39 is 0 Å². The Bertz CT molecular complexity index is 363. The summed E-state index contributed by atoms with van der Waals surface area (Å²) in [6.45, 7) is 8.47. The average Bonchev–Trinajstić information content (AvgIpc) is 2.23. The molecule has 0 spiro atoms. The molecule has 1 N–H and O–H groups in total. The van der Waals surface area contributed by atoms with Crippen molar-refractivity contribution in [2.45, 2.75) is 33.6 Å². The zero-order chi connectivity index (χ0) is 12.9. The van der Waals surface area contributed by atoms with Gasteiger partial charge in [0.2, 0.25) is 0 Å². The Morgan fingerprint density at radius 3 is 2.65 bits per heavy atom. The van der Waals surface area contributed by atoms with Crippen molar-refractivity contribution in [3.63, 3.8) is 0 Å². The average molecular weight is 258 g/mol. The summed E-state index contributed by atoms with van der Waals surface area (Å²) in [5.41, 5.74) is 1.12. The first-order chi connectivity index (χ1) is 7.94. The van der Waals surface area contributed by atoms with E-state index in [2.05, 4.69) is 26.1 Å². The van der Waals surface area contributed by atoms with Crippen LogP contribution in [0.2, 0.25) is 5.02 Å². The maximum atomic E-state index is 13.3. The molecule has 0 amide bonds. The van der Waals surface area contributed by atoms with Gasteiger partial charge in [0.15, 0.2) is 0 Å². The van der Waals surface area contributed by atoms with Crippen LogP contribution in [0.15, 0.2) is 18.2 Å². The first-order valence-corrected chi connectivity index (χ1v) is 6.47. The summed E-state index contributed by atoms with van der Waals surface area (Å²) >= 11 is 5.67. The number of hydrogen-bond donors (Lipinski definition) is 1. The van der Waals surface area contributed by atoms with Crippen LogP contribution in [-0.2, 0) is 6.42 Å². The predicted molar refractivity (Wildman–Crippen MR) is 72.1 cm³/mol. The summed E-state index contributed by atoms with van der Waals surface area (Å²) in [7, 11) is 0. The van der Waals surface area contributed by atoms with Crippen LogP contribution in [0.1, 0.15) is 32.8 Å². The fraction of sp³-hybridized carbons (Fsp3) is 0.571. The normalized spacial score (nSPS) is 11.8. The Balaban J connectivity index is 2.59. The van der Waals surface area contributed by atoms with Gasteiger partial charge in [0.1, 0.15) is 5.82 Å². The van der Waals surface area contributed by atoms with E-state index in [0.717, 1.165) is 31.5 Å². The molecule has 17 heavy (non-hydrogen) atoms. The van der Waals surface area contributed by atoms with E-state index in [1.807, 2.05) is 6.07 Å². The summed E-state index contributed by atoms with van der Waals surface area (Å²) in [6, 6.07) is 5.05. The van der Waals surface area contributed by atoms with Gasteiger partial charge in [-0.15, -0.1) is 0 Å². The van der Waals surface area contributed by atoms with Gasteiger partial charge < -0.3 is 5.32 Å². The van der Waals surface area contributed by atoms with Gasteiger partial charge in [0.25, 0.3) is 0 Å². The van der Waals surface area contributed by atoms with E-state index in [-0.39, 0.29) is 16.3 Å². The molecule has 0 atom stereocenters. The molecule has 1 aromatic carbocycles. The van der Waals surface area contributed by atoms with Crippen LogP contribution < -0.4 is 5.32 Å². The van der Waals surface area contributed by atoms with Gasteiger partial charge in [0.05, 0.1) is 5.02 Å². The standard InChI is InChI=1S/C14H21ClFN/c1-4-7-17-10-14(2,3)9-11-5-6-12(15)13(16)8-11/h5-6,8,17H,4,7,9-10H2,1-3H3. The first-order valence-electron chi connectivity index (χ1n) is 6.09. The lowest BCUT2D eigenvalue weighted by Crippen LogP contribution is -2.31. The van der Waals surface area contributed by atoms with Crippen LogP contribution in [-0.4, -0.2) is 13.1 Å². The Kier molecular flexibility index (Phi) is 5.41. The number of nitrogens with one attached hydrogen (secondary N) is 1. The van der Waals surface area contributed by atoms with Crippen molar-refractivity contribution in [1.29, 1.82) is 0 Å². The van der Waals surface area contributed by atoms with Gasteiger partial charge >= 0.3 is 0 Å². The van der Waals surface area contributed by atoms with E-state index in [1.165, 1.54) is 6.07 Å². The second-order valence-corrected chi connectivity index (χ2v) is 5.67. The summed E-state index contributed by atoms with van der Waals surface area (Å²) in [5.74, 6) is -0.332. The minimum absolute atomic E-state index is 0.120. The Labute approximate surface area is 108 Å². The van der Waals surface area contributed by atoms with Crippen LogP contribution >= 0.6 is 11.6 Å². The monoisotopic (exact) mass is 257 g/mol. The maximum Gasteiger partial charge on any atom is 0.142 e. The third-order valence-corrected chi connectivity index (χ3v) is 3.00. The van der Waals surface area contributed by atoms with Crippen molar-refractivity contribution < 1.29 is 4.39 Å². The molecule has 0 bridgehead atoms. The molecule has 0 saturated heterocycles. The Hall–Kier alpha value is -0.600. The molecule has 0 unspecified atom stereocenters. The topological polar surface area (TPSA) is 12.0 Å². The maximum absolute atomic E-state index is 13.3. The van der Waals surface area contributed by atoms with Crippen LogP contribution in [0.5, 0.6) is 0 Å². The van der Waals surface area contributed by atoms with Crippen molar-refractivity contribution in [3.05, 3.63) is 34.6 Å². The predicted octanol–water partition coefficient (Wildman–Crippen LogP) is 4.05. The lowest BCUT2D eigenvalue weighted by Gasteiger charge is -2.25. The van der Waals surface area contributed by atoms with Crippen LogP contribution in [0.25, 0.3) is 0 Å². The van der Waals surface area contributed by atoms with E-state index in [0.29, 0.717) is 0 Å². The molecule has 0 fully saturated rings. The molecule has 0 aliphatic carbocycles. The highest BCUT2D eigenvalue weighted by atomic mass is 35.5. The Morgan fingerprint density at radius 2 is 2.06 bits per heavy atom. The molecular weight excluding hydrogens is 237 g/mol. The molecule has 0 aliphatic heterocycles. The molecule has 1 nitrogen and oxygen atoms in total. The molecule has 0 aliphatic rings. The van der Waals surface area contributed by atoms with E-state index in [9.17, 15) is 4.39 Å². The van der Waals surface area contributed by atoms with Crippen LogP contribution in [0.3, 0.4) is 0 Å². The third-order valence-electron chi connectivity index (χ3n) is 2.70. The van der Waals surface area contributed by atoms with Crippen molar-refractivity contribution in [3.8, 4) is 0 Å². The molecule has 1 aromatic rings. The van der Waals surface area contributed by atoms with Gasteiger partial charge in [-0.2, -0.15) is 0 Å². The van der Waals surface area contributed by atoms with Gasteiger partial charge in [-0.3, -0.25) is 0 Å². The number of hydrogen-bond acceptors (Lipinski definition) is 1. The highest BCUT2D eigenvalue weighted by Crippen LogP contribution is 2.23. The van der Waals surface area contributed by atoms with Gasteiger partial charge in [0, 0.05) is 6.54 Å². The largest absolute Gasteiger partial charge is 0.316 e. The minimum atomic E-state index is -0.332. The highest BCUT2D eigenvalue weighted by molar-refractivity contribution is 6.30. The molecule has 0 saturated carbocycles. The second-order valence-electron chi connectivity index (χ2n) is 5.27. The van der Waals surface area contributed by atoms with Gasteiger partial charge in [-0.1, -0.05) is 38.4 Å². The summed E-state index contributed by atoms with van der Waals surface area (Å²) in [4.78, 5) is 0. The third kappa shape index (κ3) is 5.05. The zero-order valence-corrected chi connectivity index (χ0v) is 11.6. The van der Waals surface area contributed by atoms with Gasteiger partial charge in [-0.05, 0) is 42.5 Å². The van der Waals surface area contributed by atoms with Crippen molar-refractivity contribution in [1.82, 2.24) is 5.32 Å². The molecule has 96 valence electrons. The number of benzene rings is 1. The minimum Gasteiger partial charge on any atom is -0.316 e.